The van der Waals surface area contributed by atoms with Crippen LogP contribution in [0, 0.1) is 0 Å². The predicted molar refractivity (Wildman–Crippen MR) is 71.8 cm³/mol. The third-order valence-corrected chi connectivity index (χ3v) is 3.58. The Labute approximate surface area is 114 Å². The van der Waals surface area contributed by atoms with Crippen molar-refractivity contribution in [3.8, 4) is 0 Å². The molecule has 0 aromatic heterocycles. The minimum absolute atomic E-state index is 0.0968. The van der Waals surface area contributed by atoms with E-state index in [0.29, 0.717) is 19.4 Å². The van der Waals surface area contributed by atoms with E-state index in [1.807, 2.05) is 24.3 Å². The number of piperidine rings is 1. The first kappa shape index (κ1) is 13.2. The minimum Gasteiger partial charge on any atom is -0.302 e. The highest BCUT2D eigenvalue weighted by Crippen LogP contribution is 2.14. The van der Waals surface area contributed by atoms with E-state index in [0.717, 1.165) is 10.0 Å². The maximum atomic E-state index is 11.9. The molecule has 0 bridgehead atoms. The molecule has 96 valence electrons. The number of nitrogens with zero attached hydrogens (tertiary/aromatic N) is 1. The summed E-state index contributed by atoms with van der Waals surface area (Å²) in [6.45, 7) is 0.623. The van der Waals surface area contributed by atoms with Crippen molar-refractivity contribution in [1.82, 2.24) is 10.2 Å². The average molecular weight is 311 g/mol. The molecule has 2 rings (SSSR count). The van der Waals surface area contributed by atoms with Gasteiger partial charge in [0.15, 0.2) is 0 Å². The second-order valence-electron chi connectivity index (χ2n) is 4.39. The number of likely N-dealkylation sites (N-methyl/N-ethyl adjacent to an activating group) is 1. The summed E-state index contributed by atoms with van der Waals surface area (Å²) in [4.78, 5) is 24.4. The molecule has 1 aromatic carbocycles. The maximum absolute atomic E-state index is 11.9. The van der Waals surface area contributed by atoms with Gasteiger partial charge in [0.2, 0.25) is 11.8 Å². The molecule has 5 heteroatoms. The largest absolute Gasteiger partial charge is 0.302 e. The first-order valence-corrected chi connectivity index (χ1v) is 6.65. The molecular formula is C13H15BrN2O2. The van der Waals surface area contributed by atoms with E-state index in [1.54, 1.807) is 0 Å². The third kappa shape index (κ3) is 2.97. The third-order valence-electron chi connectivity index (χ3n) is 3.09. The van der Waals surface area contributed by atoms with Gasteiger partial charge >= 0.3 is 0 Å². The molecule has 0 spiro atoms. The zero-order valence-electron chi connectivity index (χ0n) is 10.1. The van der Waals surface area contributed by atoms with E-state index in [-0.39, 0.29) is 17.9 Å². The Hall–Kier alpha value is -1.20. The molecule has 0 aliphatic carbocycles. The van der Waals surface area contributed by atoms with Crippen molar-refractivity contribution in [2.24, 2.45) is 0 Å². The number of rotatable bonds is 3. The summed E-state index contributed by atoms with van der Waals surface area (Å²) in [5, 5.41) is 3.20. The van der Waals surface area contributed by atoms with Crippen LogP contribution >= 0.6 is 15.9 Å². The van der Waals surface area contributed by atoms with Gasteiger partial charge in [-0.15, -0.1) is 0 Å². The van der Waals surface area contributed by atoms with E-state index >= 15 is 0 Å². The van der Waals surface area contributed by atoms with Crippen LogP contribution in [0.3, 0.4) is 0 Å². The lowest BCUT2D eigenvalue weighted by molar-refractivity contribution is -0.148. The van der Waals surface area contributed by atoms with Gasteiger partial charge < -0.3 is 5.32 Å². The average Bonchev–Trinajstić information content (AvgIpc) is 2.35. The van der Waals surface area contributed by atoms with Gasteiger partial charge in [0.1, 0.15) is 0 Å². The quantitative estimate of drug-likeness (QED) is 0.864. The number of halogens is 1. The van der Waals surface area contributed by atoms with Gasteiger partial charge in [-0.3, -0.25) is 14.5 Å². The Morgan fingerprint density at radius 1 is 1.44 bits per heavy atom. The summed E-state index contributed by atoms with van der Waals surface area (Å²) in [6.07, 6.45) is 1.01. The van der Waals surface area contributed by atoms with Gasteiger partial charge in [-0.25, -0.2) is 0 Å². The van der Waals surface area contributed by atoms with Crippen LogP contribution in [-0.4, -0.2) is 29.8 Å². The summed E-state index contributed by atoms with van der Waals surface area (Å²) >= 11 is 3.41. The summed E-state index contributed by atoms with van der Waals surface area (Å²) in [5.74, 6) is -0.234. The molecule has 1 aliphatic rings. The SMILES string of the molecule is CN1C(=O)CCC(NCc2cccc(Br)c2)C1=O. The highest BCUT2D eigenvalue weighted by Gasteiger charge is 2.31. The normalized spacial score (nSPS) is 20.3. The molecule has 18 heavy (non-hydrogen) atoms. The molecule has 0 radical (unpaired) electrons. The highest BCUT2D eigenvalue weighted by atomic mass is 79.9. The standard InChI is InChI=1S/C13H15BrN2O2/c1-16-12(17)6-5-11(13(16)18)15-8-9-3-2-4-10(14)7-9/h2-4,7,11,15H,5-6,8H2,1H3. The Balaban J connectivity index is 1.94. The van der Waals surface area contributed by atoms with E-state index in [2.05, 4.69) is 21.2 Å². The predicted octanol–water partition coefficient (Wildman–Crippen LogP) is 1.69. The summed E-state index contributed by atoms with van der Waals surface area (Å²) < 4.78 is 1.02. The number of hydrogen-bond acceptors (Lipinski definition) is 3. The zero-order valence-corrected chi connectivity index (χ0v) is 11.7. The number of amides is 2. The molecule has 1 N–H and O–H groups in total. The summed E-state index contributed by atoms with van der Waals surface area (Å²) in [6, 6.07) is 7.67. The van der Waals surface area contributed by atoms with Gasteiger partial charge in [-0.2, -0.15) is 0 Å². The number of benzene rings is 1. The van der Waals surface area contributed by atoms with Crippen LogP contribution in [0.2, 0.25) is 0 Å². The molecule has 4 nitrogen and oxygen atoms in total. The van der Waals surface area contributed by atoms with E-state index < -0.39 is 0 Å². The molecule has 2 amide bonds. The molecular weight excluding hydrogens is 296 g/mol. The number of nitrogens with one attached hydrogen (secondary N) is 1. The minimum atomic E-state index is -0.258. The lowest BCUT2D eigenvalue weighted by Gasteiger charge is -2.28. The van der Waals surface area contributed by atoms with Gasteiger partial charge in [-0.1, -0.05) is 28.1 Å². The fourth-order valence-corrected chi connectivity index (χ4v) is 2.44. The van der Waals surface area contributed by atoms with E-state index in [4.69, 9.17) is 0 Å². The van der Waals surface area contributed by atoms with Crippen molar-refractivity contribution in [2.45, 2.75) is 25.4 Å². The monoisotopic (exact) mass is 310 g/mol. The van der Waals surface area contributed by atoms with E-state index in [9.17, 15) is 9.59 Å². The molecule has 1 saturated heterocycles. The number of hydrogen-bond donors (Lipinski definition) is 1. The first-order valence-electron chi connectivity index (χ1n) is 5.86. The molecule has 1 aromatic rings. The fraction of sp³-hybridized carbons (Fsp3) is 0.385. The number of likely N-dealkylation sites (tertiary alicyclic amines) is 1. The Bertz CT molecular complexity index is 476. The van der Waals surface area contributed by atoms with Crippen LogP contribution in [0.25, 0.3) is 0 Å². The van der Waals surface area contributed by atoms with Crippen LogP contribution in [-0.2, 0) is 16.1 Å². The molecule has 1 aliphatic heterocycles. The second-order valence-corrected chi connectivity index (χ2v) is 5.31. The number of carbonyl (C=O) groups is 2. The Morgan fingerprint density at radius 3 is 2.94 bits per heavy atom. The Kier molecular flexibility index (Phi) is 4.14. The van der Waals surface area contributed by atoms with Crippen molar-refractivity contribution in [1.29, 1.82) is 0 Å². The smallest absolute Gasteiger partial charge is 0.246 e. The van der Waals surface area contributed by atoms with Gasteiger partial charge in [0.25, 0.3) is 0 Å². The van der Waals surface area contributed by atoms with Crippen LogP contribution in [0.1, 0.15) is 18.4 Å². The van der Waals surface area contributed by atoms with Crippen molar-refractivity contribution in [3.63, 3.8) is 0 Å². The summed E-state index contributed by atoms with van der Waals surface area (Å²) in [7, 11) is 1.54. The molecule has 1 atom stereocenters. The van der Waals surface area contributed by atoms with E-state index in [1.165, 1.54) is 11.9 Å². The lowest BCUT2D eigenvalue weighted by atomic mass is 10.0. The molecule has 1 heterocycles. The zero-order chi connectivity index (χ0) is 13.1. The van der Waals surface area contributed by atoms with Gasteiger partial charge in [-0.05, 0) is 24.1 Å². The van der Waals surface area contributed by atoms with Crippen molar-refractivity contribution < 1.29 is 9.59 Å². The van der Waals surface area contributed by atoms with Crippen molar-refractivity contribution in [3.05, 3.63) is 34.3 Å². The molecule has 1 fully saturated rings. The van der Waals surface area contributed by atoms with Crippen molar-refractivity contribution >= 4 is 27.7 Å². The molecule has 1 unspecified atom stereocenters. The van der Waals surface area contributed by atoms with Crippen LogP contribution in [0.4, 0.5) is 0 Å². The topological polar surface area (TPSA) is 49.4 Å². The fourth-order valence-electron chi connectivity index (χ4n) is 1.99. The van der Waals surface area contributed by atoms with Crippen molar-refractivity contribution in [2.75, 3.05) is 7.05 Å². The van der Waals surface area contributed by atoms with Gasteiger partial charge in [0.05, 0.1) is 6.04 Å². The number of carbonyl (C=O) groups excluding carboxylic acids is 2. The Morgan fingerprint density at radius 2 is 2.22 bits per heavy atom. The van der Waals surface area contributed by atoms with Crippen LogP contribution in [0.5, 0.6) is 0 Å². The summed E-state index contributed by atoms with van der Waals surface area (Å²) in [5.41, 5.74) is 1.11. The lowest BCUT2D eigenvalue weighted by Crippen LogP contribution is -2.51. The maximum Gasteiger partial charge on any atom is 0.246 e. The van der Waals surface area contributed by atoms with Crippen LogP contribution < -0.4 is 5.32 Å². The molecule has 0 saturated carbocycles. The highest BCUT2D eigenvalue weighted by molar-refractivity contribution is 9.10. The second kappa shape index (κ2) is 5.63. The first-order chi connectivity index (χ1) is 8.58. The van der Waals surface area contributed by atoms with Gasteiger partial charge in [0, 0.05) is 24.5 Å². The van der Waals surface area contributed by atoms with Crippen LogP contribution in [0.15, 0.2) is 28.7 Å². The number of imide groups is 1.